The highest BCUT2D eigenvalue weighted by Crippen LogP contribution is 2.43. The Morgan fingerprint density at radius 1 is 1.03 bits per heavy atom. The first-order chi connectivity index (χ1) is 17.5. The number of aromatic nitrogens is 1. The number of primary amides is 1. The average molecular weight is 565 g/mol. The van der Waals surface area contributed by atoms with E-state index in [0.717, 1.165) is 12.0 Å². The van der Waals surface area contributed by atoms with Crippen LogP contribution in [0, 0.1) is 6.92 Å². The number of hydrogen-bond acceptors (Lipinski definition) is 6. The highest BCUT2D eigenvalue weighted by molar-refractivity contribution is 6.39. The molecule has 1 amide bonds. The van der Waals surface area contributed by atoms with Gasteiger partial charge < -0.3 is 19.9 Å². The highest BCUT2D eigenvalue weighted by Gasteiger charge is 2.50. The van der Waals surface area contributed by atoms with Crippen LogP contribution in [0.3, 0.4) is 0 Å². The third-order valence-corrected chi connectivity index (χ3v) is 8.27. The average Bonchev–Trinajstić information content (AvgIpc) is 3.22. The molecule has 1 saturated carbocycles. The molecule has 0 bridgehead atoms. The fourth-order valence-corrected chi connectivity index (χ4v) is 5.72. The van der Waals surface area contributed by atoms with Gasteiger partial charge in [0, 0.05) is 16.1 Å². The Morgan fingerprint density at radius 3 is 2.16 bits per heavy atom. The van der Waals surface area contributed by atoms with Gasteiger partial charge in [-0.3, -0.25) is 4.79 Å². The standard InChI is InChI=1S/C27H28Cl3N3O4/c1-16-21(23(32-37-16)22-19(29)5-4-6-20(22)30)24(34)36-27(25(31)35)13-11-26(12-14-27,33(2)3)15-17-7-9-18(28)10-8-17/h4-10H,11-15H2,1-3H3,(H2,31,35). The van der Waals surface area contributed by atoms with Crippen LogP contribution in [0.4, 0.5) is 0 Å². The van der Waals surface area contributed by atoms with Crippen molar-refractivity contribution in [1.29, 1.82) is 0 Å². The van der Waals surface area contributed by atoms with Crippen LogP contribution in [-0.4, -0.2) is 47.2 Å². The topological polar surface area (TPSA) is 98.7 Å². The van der Waals surface area contributed by atoms with Gasteiger partial charge in [0.05, 0.1) is 10.0 Å². The second-order valence-electron chi connectivity index (χ2n) is 9.73. The van der Waals surface area contributed by atoms with Gasteiger partial charge in [-0.2, -0.15) is 0 Å². The minimum Gasteiger partial charge on any atom is -0.445 e. The SMILES string of the molecule is Cc1onc(-c2c(Cl)cccc2Cl)c1C(=O)OC1(C(N)=O)CCC(Cc2ccc(Cl)cc2)(N(C)C)CC1. The molecule has 0 saturated heterocycles. The molecule has 0 radical (unpaired) electrons. The van der Waals surface area contributed by atoms with Gasteiger partial charge in [0.1, 0.15) is 17.0 Å². The predicted octanol–water partition coefficient (Wildman–Crippen LogP) is 6.11. The number of carbonyl (C=O) groups is 2. The van der Waals surface area contributed by atoms with Crippen LogP contribution < -0.4 is 5.73 Å². The van der Waals surface area contributed by atoms with Crippen molar-refractivity contribution in [2.45, 2.75) is 50.2 Å². The monoisotopic (exact) mass is 563 g/mol. The Kier molecular flexibility index (Phi) is 7.91. The zero-order chi connectivity index (χ0) is 27.0. The lowest BCUT2D eigenvalue weighted by Crippen LogP contribution is -2.57. The Morgan fingerprint density at radius 2 is 1.62 bits per heavy atom. The number of esters is 1. The van der Waals surface area contributed by atoms with Crippen LogP contribution in [0.2, 0.25) is 15.1 Å². The van der Waals surface area contributed by atoms with Gasteiger partial charge >= 0.3 is 5.97 Å². The lowest BCUT2D eigenvalue weighted by molar-refractivity contribution is -0.144. The molecule has 37 heavy (non-hydrogen) atoms. The normalized spacial score (nSPS) is 21.7. The minimum atomic E-state index is -1.47. The first kappa shape index (κ1) is 27.5. The molecule has 2 aromatic carbocycles. The number of hydrogen-bond donors (Lipinski definition) is 1. The van der Waals surface area contributed by atoms with Crippen LogP contribution in [-0.2, 0) is 16.0 Å². The Bertz CT molecular complexity index is 1290. The molecule has 10 heteroatoms. The molecule has 7 nitrogen and oxygen atoms in total. The summed E-state index contributed by atoms with van der Waals surface area (Å²) in [6.45, 7) is 1.58. The lowest BCUT2D eigenvalue weighted by atomic mass is 9.70. The summed E-state index contributed by atoms with van der Waals surface area (Å²) in [5, 5.41) is 5.29. The van der Waals surface area contributed by atoms with Crippen LogP contribution in [0.25, 0.3) is 11.3 Å². The summed E-state index contributed by atoms with van der Waals surface area (Å²) in [5.41, 5.74) is 5.81. The van der Waals surface area contributed by atoms with Gasteiger partial charge in [-0.05, 0) is 83.0 Å². The van der Waals surface area contributed by atoms with E-state index in [1.165, 1.54) is 0 Å². The molecular formula is C27H28Cl3N3O4. The number of nitrogens with two attached hydrogens (primary N) is 1. The molecule has 1 fully saturated rings. The van der Waals surface area contributed by atoms with Crippen LogP contribution in [0.1, 0.15) is 47.4 Å². The highest BCUT2D eigenvalue weighted by atomic mass is 35.5. The van der Waals surface area contributed by atoms with Crippen molar-refractivity contribution in [2.75, 3.05) is 14.1 Å². The zero-order valence-corrected chi connectivity index (χ0v) is 23.1. The Balaban J connectivity index is 1.61. The molecular weight excluding hydrogens is 537 g/mol. The van der Waals surface area contributed by atoms with Crippen molar-refractivity contribution >= 4 is 46.7 Å². The van der Waals surface area contributed by atoms with Crippen molar-refractivity contribution in [3.8, 4) is 11.3 Å². The first-order valence-corrected chi connectivity index (χ1v) is 13.0. The summed E-state index contributed by atoms with van der Waals surface area (Å²) in [6, 6.07) is 12.7. The first-order valence-electron chi connectivity index (χ1n) is 11.8. The van der Waals surface area contributed by atoms with Crippen LogP contribution in [0.5, 0.6) is 0 Å². The quantitative estimate of drug-likeness (QED) is 0.348. The van der Waals surface area contributed by atoms with Gasteiger partial charge in [-0.25, -0.2) is 4.79 Å². The van der Waals surface area contributed by atoms with Crippen molar-refractivity contribution in [2.24, 2.45) is 5.73 Å². The molecule has 1 aliphatic rings. The second-order valence-corrected chi connectivity index (χ2v) is 11.0. The van der Waals surface area contributed by atoms with Crippen molar-refractivity contribution in [1.82, 2.24) is 10.1 Å². The van der Waals surface area contributed by atoms with Crippen LogP contribution >= 0.6 is 34.8 Å². The van der Waals surface area contributed by atoms with E-state index in [4.69, 9.17) is 49.8 Å². The van der Waals surface area contributed by atoms with Gasteiger partial charge in [-0.1, -0.05) is 58.2 Å². The fourth-order valence-electron chi connectivity index (χ4n) is 5.02. The zero-order valence-electron chi connectivity index (χ0n) is 20.8. The molecule has 2 N–H and O–H groups in total. The third kappa shape index (κ3) is 5.36. The second kappa shape index (κ2) is 10.7. The number of rotatable bonds is 7. The summed E-state index contributed by atoms with van der Waals surface area (Å²) < 4.78 is 11.2. The van der Waals surface area contributed by atoms with E-state index in [2.05, 4.69) is 10.1 Å². The van der Waals surface area contributed by atoms with Gasteiger partial charge in [0.15, 0.2) is 5.60 Å². The van der Waals surface area contributed by atoms with Gasteiger partial charge in [-0.15, -0.1) is 0 Å². The predicted molar refractivity (Wildman–Crippen MR) is 144 cm³/mol. The number of carbonyl (C=O) groups excluding carboxylic acids is 2. The maximum absolute atomic E-state index is 13.5. The van der Waals surface area contributed by atoms with Crippen molar-refractivity contribution in [3.63, 3.8) is 0 Å². The molecule has 1 aliphatic carbocycles. The van der Waals surface area contributed by atoms with Gasteiger partial charge in [0.2, 0.25) is 0 Å². The number of amides is 1. The maximum atomic E-state index is 13.5. The molecule has 0 atom stereocenters. The number of nitrogens with zero attached hydrogens (tertiary/aromatic N) is 2. The van der Waals surface area contributed by atoms with Crippen LogP contribution in [0.15, 0.2) is 47.0 Å². The summed E-state index contributed by atoms with van der Waals surface area (Å²) in [4.78, 5) is 28.4. The number of halogens is 3. The summed E-state index contributed by atoms with van der Waals surface area (Å²) in [6.07, 6.45) is 2.47. The molecule has 3 aromatic rings. The Labute approximate surface area is 230 Å². The van der Waals surface area contributed by atoms with E-state index >= 15 is 0 Å². The van der Waals surface area contributed by atoms with E-state index in [0.29, 0.717) is 33.5 Å². The number of benzene rings is 2. The summed E-state index contributed by atoms with van der Waals surface area (Å²) in [7, 11) is 4.03. The summed E-state index contributed by atoms with van der Waals surface area (Å²) >= 11 is 18.8. The number of ether oxygens (including phenoxy) is 1. The summed E-state index contributed by atoms with van der Waals surface area (Å²) in [5.74, 6) is -1.23. The fraction of sp³-hybridized carbons (Fsp3) is 0.370. The van der Waals surface area contributed by atoms with Crippen molar-refractivity contribution < 1.29 is 18.8 Å². The lowest BCUT2D eigenvalue weighted by Gasteiger charge is -2.48. The largest absolute Gasteiger partial charge is 0.445 e. The maximum Gasteiger partial charge on any atom is 0.345 e. The Hall–Kier alpha value is -2.58. The van der Waals surface area contributed by atoms with E-state index in [1.807, 2.05) is 38.4 Å². The molecule has 0 spiro atoms. The molecule has 1 aromatic heterocycles. The van der Waals surface area contributed by atoms with E-state index in [1.54, 1.807) is 25.1 Å². The van der Waals surface area contributed by atoms with E-state index in [-0.39, 0.29) is 35.4 Å². The number of likely N-dealkylation sites (N-methyl/N-ethyl adjacent to an activating group) is 1. The van der Waals surface area contributed by atoms with Crippen molar-refractivity contribution in [3.05, 3.63) is 74.4 Å². The molecule has 4 rings (SSSR count). The number of aryl methyl sites for hydroxylation is 1. The smallest absolute Gasteiger partial charge is 0.345 e. The molecule has 0 unspecified atom stereocenters. The van der Waals surface area contributed by atoms with Gasteiger partial charge in [0.25, 0.3) is 5.91 Å². The van der Waals surface area contributed by atoms with E-state index in [9.17, 15) is 9.59 Å². The molecule has 1 heterocycles. The minimum absolute atomic E-state index is 0.0567. The molecule has 0 aliphatic heterocycles. The molecule has 196 valence electrons. The third-order valence-electron chi connectivity index (χ3n) is 7.39. The van der Waals surface area contributed by atoms with E-state index < -0.39 is 17.5 Å².